The van der Waals surface area contributed by atoms with Crippen molar-refractivity contribution in [2.45, 2.75) is 9.79 Å². The molecule has 0 aliphatic carbocycles. The maximum absolute atomic E-state index is 12.3. The van der Waals surface area contributed by atoms with E-state index in [2.05, 4.69) is 10.2 Å². The lowest BCUT2D eigenvalue weighted by Gasteiger charge is -2.03. The van der Waals surface area contributed by atoms with E-state index >= 15 is 0 Å². The Morgan fingerprint density at radius 1 is 0.947 bits per heavy atom. The van der Waals surface area contributed by atoms with E-state index in [1.807, 2.05) is 24.3 Å². The van der Waals surface area contributed by atoms with E-state index in [-0.39, 0.29) is 9.79 Å². The van der Waals surface area contributed by atoms with Crippen LogP contribution in [0.25, 0.3) is 10.8 Å². The van der Waals surface area contributed by atoms with E-state index in [0.717, 1.165) is 17.0 Å². The molecule has 2 aromatic carbocycles. The van der Waals surface area contributed by atoms with E-state index in [9.17, 15) is 13.2 Å². The Hall–Kier alpha value is -2.34. The Labute approximate surface area is 108 Å². The van der Waals surface area contributed by atoms with Gasteiger partial charge in [0.2, 0.25) is 9.84 Å². The van der Waals surface area contributed by atoms with Crippen molar-refractivity contribution in [2.75, 3.05) is 0 Å². The zero-order valence-electron chi connectivity index (χ0n) is 9.75. The summed E-state index contributed by atoms with van der Waals surface area (Å²) >= 11 is 0. The molecule has 0 fully saturated rings. The lowest BCUT2D eigenvalue weighted by molar-refractivity contribution is 0.595. The van der Waals surface area contributed by atoms with E-state index in [0.29, 0.717) is 0 Å². The topological polar surface area (TPSA) is 82.8 Å². The van der Waals surface area contributed by atoms with Crippen molar-refractivity contribution in [1.82, 2.24) is 10.2 Å². The summed E-state index contributed by atoms with van der Waals surface area (Å²) < 4.78 is 24.6. The van der Waals surface area contributed by atoms with Gasteiger partial charge in [-0.1, -0.05) is 30.3 Å². The Balaban J connectivity index is 2.25. The largest absolute Gasteiger partial charge is 0.304 e. The van der Waals surface area contributed by atoms with E-state index < -0.39 is 15.4 Å². The number of rotatable bonds is 2. The van der Waals surface area contributed by atoms with Crippen molar-refractivity contribution < 1.29 is 8.42 Å². The summed E-state index contributed by atoms with van der Waals surface area (Å²) in [6.07, 6.45) is 1.16. The molecule has 5 nitrogen and oxygen atoms in total. The smallest absolute Gasteiger partial charge is 0.283 e. The van der Waals surface area contributed by atoms with Crippen molar-refractivity contribution >= 4 is 20.6 Å². The van der Waals surface area contributed by atoms with Gasteiger partial charge in [0, 0.05) is 6.20 Å². The molecule has 3 aromatic rings. The number of benzene rings is 2. The standard InChI is InChI=1S/C13H10N2O3S/c16-13-12(8-14-15-13)19(17,18)11-6-5-9-3-1-2-4-10(9)7-11/h1-8H,(H2,14,15,16). The molecule has 0 bridgehead atoms. The highest BCUT2D eigenvalue weighted by atomic mass is 32.2. The highest BCUT2D eigenvalue weighted by molar-refractivity contribution is 7.91. The van der Waals surface area contributed by atoms with Gasteiger partial charge in [-0.25, -0.2) is 8.42 Å². The SMILES string of the molecule is O=c1[nH][nH]cc1S(=O)(=O)c1ccc2ccccc2c1. The second kappa shape index (κ2) is 4.10. The van der Waals surface area contributed by atoms with Crippen LogP contribution in [0.5, 0.6) is 0 Å². The molecule has 3 rings (SSSR count). The number of aromatic nitrogens is 2. The molecule has 19 heavy (non-hydrogen) atoms. The molecule has 1 heterocycles. The van der Waals surface area contributed by atoms with Crippen molar-refractivity contribution in [3.8, 4) is 0 Å². The van der Waals surface area contributed by atoms with Crippen LogP contribution in [0.2, 0.25) is 0 Å². The predicted octanol–water partition coefficient (Wildman–Crippen LogP) is 1.69. The number of nitrogens with one attached hydrogen (secondary N) is 2. The summed E-state index contributed by atoms with van der Waals surface area (Å²) in [6, 6.07) is 12.2. The molecule has 0 saturated heterocycles. The van der Waals surface area contributed by atoms with Gasteiger partial charge < -0.3 is 5.10 Å². The average molecular weight is 274 g/mol. The van der Waals surface area contributed by atoms with Crippen LogP contribution in [0.15, 0.2) is 63.2 Å². The first kappa shape index (κ1) is 11.7. The first-order valence-corrected chi connectivity index (χ1v) is 7.07. The van der Waals surface area contributed by atoms with Crippen LogP contribution in [0.4, 0.5) is 0 Å². The molecule has 6 heteroatoms. The third-order valence-corrected chi connectivity index (χ3v) is 4.69. The number of sulfone groups is 1. The molecular weight excluding hydrogens is 264 g/mol. The fourth-order valence-electron chi connectivity index (χ4n) is 1.96. The minimum absolute atomic E-state index is 0.108. The maximum atomic E-state index is 12.3. The molecule has 0 aliphatic rings. The molecule has 0 amide bonds. The Bertz CT molecular complexity index is 907. The Kier molecular flexibility index (Phi) is 2.53. The molecule has 0 spiro atoms. The van der Waals surface area contributed by atoms with Crippen LogP contribution in [-0.2, 0) is 9.84 Å². The summed E-state index contributed by atoms with van der Waals surface area (Å²) in [6.45, 7) is 0. The first-order valence-electron chi connectivity index (χ1n) is 5.59. The molecule has 0 saturated carbocycles. The normalized spacial score (nSPS) is 11.8. The van der Waals surface area contributed by atoms with Crippen LogP contribution < -0.4 is 5.56 Å². The molecule has 2 N–H and O–H groups in total. The zero-order chi connectivity index (χ0) is 13.5. The van der Waals surface area contributed by atoms with Gasteiger partial charge in [0.1, 0.15) is 0 Å². The highest BCUT2D eigenvalue weighted by Crippen LogP contribution is 2.22. The second-order valence-electron chi connectivity index (χ2n) is 4.12. The van der Waals surface area contributed by atoms with Crippen molar-refractivity contribution in [3.63, 3.8) is 0 Å². The fraction of sp³-hybridized carbons (Fsp3) is 0. The number of aromatic amines is 2. The lowest BCUT2D eigenvalue weighted by atomic mass is 10.1. The third-order valence-electron chi connectivity index (χ3n) is 2.93. The van der Waals surface area contributed by atoms with Gasteiger partial charge >= 0.3 is 0 Å². The maximum Gasteiger partial charge on any atom is 0.283 e. The highest BCUT2D eigenvalue weighted by Gasteiger charge is 2.22. The fourth-order valence-corrected chi connectivity index (χ4v) is 3.25. The van der Waals surface area contributed by atoms with Gasteiger partial charge in [-0.3, -0.25) is 9.89 Å². The molecule has 0 aliphatic heterocycles. The summed E-state index contributed by atoms with van der Waals surface area (Å²) in [5.41, 5.74) is -0.645. The minimum atomic E-state index is -3.79. The van der Waals surface area contributed by atoms with Crippen molar-refractivity contribution in [1.29, 1.82) is 0 Å². The van der Waals surface area contributed by atoms with Gasteiger partial charge in [0.05, 0.1) is 4.90 Å². The molecule has 0 unspecified atom stereocenters. The van der Waals surface area contributed by atoms with Crippen molar-refractivity contribution in [2.24, 2.45) is 0 Å². The molecule has 1 aromatic heterocycles. The van der Waals surface area contributed by atoms with E-state index in [1.165, 1.54) is 6.07 Å². The van der Waals surface area contributed by atoms with Crippen LogP contribution in [0.1, 0.15) is 0 Å². The van der Waals surface area contributed by atoms with Gasteiger partial charge in [-0.05, 0) is 22.9 Å². The summed E-state index contributed by atoms with van der Waals surface area (Å²) in [5.74, 6) is 0. The number of hydrogen-bond donors (Lipinski definition) is 2. The summed E-state index contributed by atoms with van der Waals surface area (Å²) in [7, 11) is -3.79. The summed E-state index contributed by atoms with van der Waals surface area (Å²) in [4.78, 5) is 11.3. The Morgan fingerprint density at radius 2 is 1.68 bits per heavy atom. The average Bonchev–Trinajstić information content (AvgIpc) is 2.85. The number of fused-ring (bicyclic) bond motifs is 1. The van der Waals surface area contributed by atoms with Gasteiger partial charge in [-0.2, -0.15) is 0 Å². The monoisotopic (exact) mass is 274 g/mol. The Morgan fingerprint density at radius 3 is 2.37 bits per heavy atom. The van der Waals surface area contributed by atoms with Crippen LogP contribution >= 0.6 is 0 Å². The molecule has 0 atom stereocenters. The first-order chi connectivity index (χ1) is 9.09. The molecular formula is C13H10N2O3S. The number of hydrogen-bond acceptors (Lipinski definition) is 3. The number of H-pyrrole nitrogens is 2. The lowest BCUT2D eigenvalue weighted by Crippen LogP contribution is -2.12. The minimum Gasteiger partial charge on any atom is -0.304 e. The molecule has 0 radical (unpaired) electrons. The molecule has 96 valence electrons. The van der Waals surface area contributed by atoms with E-state index in [1.54, 1.807) is 12.1 Å². The second-order valence-corrected chi connectivity index (χ2v) is 6.04. The van der Waals surface area contributed by atoms with Gasteiger partial charge in [0.15, 0.2) is 4.90 Å². The predicted molar refractivity (Wildman–Crippen MR) is 70.8 cm³/mol. The van der Waals surface area contributed by atoms with Crippen molar-refractivity contribution in [3.05, 3.63) is 59.0 Å². The summed E-state index contributed by atoms with van der Waals surface area (Å²) in [5, 5.41) is 6.38. The van der Waals surface area contributed by atoms with E-state index in [4.69, 9.17) is 0 Å². The zero-order valence-corrected chi connectivity index (χ0v) is 10.6. The van der Waals surface area contributed by atoms with Crippen LogP contribution in [0.3, 0.4) is 0 Å². The van der Waals surface area contributed by atoms with Crippen LogP contribution in [-0.4, -0.2) is 18.6 Å². The quantitative estimate of drug-likeness (QED) is 0.746. The van der Waals surface area contributed by atoms with Gasteiger partial charge in [-0.15, -0.1) is 0 Å². The van der Waals surface area contributed by atoms with Gasteiger partial charge in [0.25, 0.3) is 5.56 Å². The van der Waals surface area contributed by atoms with Crippen LogP contribution in [0, 0.1) is 0 Å². The third kappa shape index (κ3) is 1.86.